The predicted octanol–water partition coefficient (Wildman–Crippen LogP) is 2.82. The summed E-state index contributed by atoms with van der Waals surface area (Å²) in [5.41, 5.74) is 1.11. The highest BCUT2D eigenvalue weighted by atomic mass is 32.2. The lowest BCUT2D eigenvalue weighted by Gasteiger charge is -2.22. The third-order valence-corrected chi connectivity index (χ3v) is 7.04. The van der Waals surface area contributed by atoms with Crippen LogP contribution in [0.25, 0.3) is 0 Å². The quantitative estimate of drug-likeness (QED) is 0.871. The van der Waals surface area contributed by atoms with E-state index in [1.807, 2.05) is 24.4 Å². The molecule has 0 saturated carbocycles. The van der Waals surface area contributed by atoms with Crippen molar-refractivity contribution in [2.45, 2.75) is 23.1 Å². The van der Waals surface area contributed by atoms with E-state index in [0.29, 0.717) is 4.90 Å². The minimum Gasteiger partial charge on any atom is -0.297 e. The fraction of sp³-hybridized carbons (Fsp3) is 0.333. The first kappa shape index (κ1) is 14.7. The van der Waals surface area contributed by atoms with E-state index in [9.17, 15) is 8.42 Å². The molecular weight excluding hydrogens is 306 g/mol. The van der Waals surface area contributed by atoms with Gasteiger partial charge in [-0.2, -0.15) is 5.06 Å². The molecular formula is C15H17NO3S2. The largest absolute Gasteiger partial charge is 0.297 e. The van der Waals surface area contributed by atoms with Crippen LogP contribution >= 0.6 is 11.3 Å². The van der Waals surface area contributed by atoms with Gasteiger partial charge in [-0.15, -0.1) is 11.3 Å². The standard InChI is InChI=1S/C15H17NO3S2/c1-11-8-9-20-15(11)14-13(10-19-16(14)2)21(17,18)12-6-4-3-5-7-12/h3-9,13-14H,10H2,1-2H3/t13-,14-/m0/s1. The van der Waals surface area contributed by atoms with E-state index in [-0.39, 0.29) is 12.6 Å². The SMILES string of the molecule is Cc1ccsc1[C@@H]1[C@@H](S(=O)(=O)c2ccccc2)CON1C. The zero-order valence-electron chi connectivity index (χ0n) is 11.9. The minimum atomic E-state index is -3.42. The lowest BCUT2D eigenvalue weighted by atomic mass is 10.1. The van der Waals surface area contributed by atoms with Crippen molar-refractivity contribution in [2.24, 2.45) is 0 Å². The number of nitrogens with zero attached hydrogens (tertiary/aromatic N) is 1. The molecule has 1 aromatic heterocycles. The number of hydrogen-bond donors (Lipinski definition) is 0. The van der Waals surface area contributed by atoms with E-state index in [2.05, 4.69) is 0 Å². The molecule has 1 aliphatic rings. The summed E-state index contributed by atoms with van der Waals surface area (Å²) in [5, 5.41) is 3.08. The molecule has 2 atom stereocenters. The lowest BCUT2D eigenvalue weighted by Crippen LogP contribution is -2.30. The third-order valence-electron chi connectivity index (χ3n) is 3.83. The first-order chi connectivity index (χ1) is 10.0. The van der Waals surface area contributed by atoms with Gasteiger partial charge in [0.1, 0.15) is 5.25 Å². The summed E-state index contributed by atoms with van der Waals surface area (Å²) in [5.74, 6) is 0. The van der Waals surface area contributed by atoms with Gasteiger partial charge in [0, 0.05) is 11.9 Å². The van der Waals surface area contributed by atoms with Gasteiger partial charge in [-0.3, -0.25) is 4.84 Å². The van der Waals surface area contributed by atoms with Crippen LogP contribution in [0.15, 0.2) is 46.7 Å². The average molecular weight is 323 g/mol. The Balaban J connectivity index is 2.03. The summed E-state index contributed by atoms with van der Waals surface area (Å²) in [6.07, 6.45) is 0. The van der Waals surface area contributed by atoms with Crippen molar-refractivity contribution in [1.82, 2.24) is 5.06 Å². The van der Waals surface area contributed by atoms with Gasteiger partial charge in [0.15, 0.2) is 9.84 Å². The van der Waals surface area contributed by atoms with Gasteiger partial charge in [0.2, 0.25) is 0 Å². The second kappa shape index (κ2) is 5.53. The van der Waals surface area contributed by atoms with Gasteiger partial charge in [0.05, 0.1) is 17.5 Å². The molecule has 3 rings (SSSR count). The molecule has 0 aliphatic carbocycles. The molecule has 0 unspecified atom stereocenters. The Morgan fingerprint density at radius 3 is 2.57 bits per heavy atom. The molecule has 0 spiro atoms. The molecule has 4 nitrogen and oxygen atoms in total. The van der Waals surface area contributed by atoms with Gasteiger partial charge < -0.3 is 0 Å². The first-order valence-electron chi connectivity index (χ1n) is 6.70. The summed E-state index contributed by atoms with van der Waals surface area (Å²) in [6.45, 7) is 2.19. The maximum Gasteiger partial charge on any atom is 0.185 e. The van der Waals surface area contributed by atoms with Crippen LogP contribution in [-0.4, -0.2) is 32.4 Å². The van der Waals surface area contributed by atoms with Crippen molar-refractivity contribution in [3.63, 3.8) is 0 Å². The van der Waals surface area contributed by atoms with Crippen molar-refractivity contribution >= 4 is 21.2 Å². The summed E-state index contributed by atoms with van der Waals surface area (Å²) in [6, 6.07) is 10.4. The zero-order valence-corrected chi connectivity index (χ0v) is 13.5. The minimum absolute atomic E-state index is 0.190. The first-order valence-corrected chi connectivity index (χ1v) is 9.13. The molecule has 112 valence electrons. The maximum atomic E-state index is 12.9. The van der Waals surface area contributed by atoms with E-state index in [1.165, 1.54) is 0 Å². The Morgan fingerprint density at radius 1 is 1.24 bits per heavy atom. The number of benzene rings is 1. The topological polar surface area (TPSA) is 46.6 Å². The van der Waals surface area contributed by atoms with Crippen molar-refractivity contribution in [3.05, 3.63) is 52.2 Å². The molecule has 6 heteroatoms. The second-order valence-corrected chi connectivity index (χ2v) is 8.27. The van der Waals surface area contributed by atoms with Crippen molar-refractivity contribution in [2.75, 3.05) is 13.7 Å². The average Bonchev–Trinajstić information content (AvgIpc) is 3.05. The van der Waals surface area contributed by atoms with Crippen molar-refractivity contribution < 1.29 is 13.3 Å². The highest BCUT2D eigenvalue weighted by molar-refractivity contribution is 7.92. The van der Waals surface area contributed by atoms with Gasteiger partial charge in [-0.05, 0) is 36.1 Å². The Kier molecular flexibility index (Phi) is 3.88. The van der Waals surface area contributed by atoms with Gasteiger partial charge in [-0.1, -0.05) is 18.2 Å². The third kappa shape index (κ3) is 2.53. The predicted molar refractivity (Wildman–Crippen MR) is 82.9 cm³/mol. The molecule has 21 heavy (non-hydrogen) atoms. The molecule has 0 bridgehead atoms. The van der Waals surface area contributed by atoms with E-state index < -0.39 is 15.1 Å². The molecule has 1 aliphatic heterocycles. The lowest BCUT2D eigenvalue weighted by molar-refractivity contribution is -0.110. The Labute approximate surface area is 128 Å². The highest BCUT2D eigenvalue weighted by Gasteiger charge is 2.44. The van der Waals surface area contributed by atoms with E-state index in [4.69, 9.17) is 4.84 Å². The summed E-state index contributed by atoms with van der Waals surface area (Å²) in [7, 11) is -1.63. The van der Waals surface area contributed by atoms with Crippen LogP contribution in [0.5, 0.6) is 0 Å². The smallest absolute Gasteiger partial charge is 0.185 e. The molecule has 1 fully saturated rings. The molecule has 2 aromatic rings. The molecule has 0 radical (unpaired) electrons. The molecule has 0 amide bonds. The van der Waals surface area contributed by atoms with Gasteiger partial charge in [0.25, 0.3) is 0 Å². The van der Waals surface area contributed by atoms with Crippen LogP contribution in [0.3, 0.4) is 0 Å². The van der Waals surface area contributed by atoms with E-state index in [0.717, 1.165) is 10.4 Å². The van der Waals surface area contributed by atoms with E-state index >= 15 is 0 Å². The van der Waals surface area contributed by atoms with Crippen molar-refractivity contribution in [3.8, 4) is 0 Å². The van der Waals surface area contributed by atoms with Crippen LogP contribution in [-0.2, 0) is 14.7 Å². The van der Waals surface area contributed by atoms with Crippen LogP contribution in [0.2, 0.25) is 0 Å². The van der Waals surface area contributed by atoms with Crippen LogP contribution < -0.4 is 0 Å². The van der Waals surface area contributed by atoms with E-state index in [1.54, 1.807) is 47.7 Å². The summed E-state index contributed by atoms with van der Waals surface area (Å²) < 4.78 is 25.8. The number of sulfone groups is 1. The molecule has 1 aromatic carbocycles. The van der Waals surface area contributed by atoms with Crippen molar-refractivity contribution in [1.29, 1.82) is 0 Å². The van der Waals surface area contributed by atoms with Gasteiger partial charge >= 0.3 is 0 Å². The molecule has 0 N–H and O–H groups in total. The zero-order chi connectivity index (χ0) is 15.0. The number of hydrogen-bond acceptors (Lipinski definition) is 5. The van der Waals surface area contributed by atoms with Gasteiger partial charge in [-0.25, -0.2) is 8.42 Å². The second-order valence-electron chi connectivity index (χ2n) is 5.15. The fourth-order valence-electron chi connectivity index (χ4n) is 2.66. The number of thiophene rings is 1. The molecule has 2 heterocycles. The Hall–Kier alpha value is -1.21. The highest BCUT2D eigenvalue weighted by Crippen LogP contribution is 2.39. The van der Waals surface area contributed by atoms with Crippen LogP contribution in [0.1, 0.15) is 16.5 Å². The monoisotopic (exact) mass is 323 g/mol. The Bertz CT molecular complexity index is 724. The summed E-state index contributed by atoms with van der Waals surface area (Å²) >= 11 is 1.58. The van der Waals surface area contributed by atoms with Crippen LogP contribution in [0.4, 0.5) is 0 Å². The fourth-order valence-corrected chi connectivity index (χ4v) is 5.65. The normalized spacial score (nSPS) is 23.5. The number of hydroxylamine groups is 2. The number of rotatable bonds is 3. The summed E-state index contributed by atoms with van der Waals surface area (Å²) in [4.78, 5) is 6.94. The maximum absolute atomic E-state index is 12.9. The Morgan fingerprint density at radius 2 is 1.95 bits per heavy atom. The molecule has 1 saturated heterocycles. The van der Waals surface area contributed by atoms with Crippen LogP contribution in [0, 0.1) is 6.92 Å². The number of aryl methyl sites for hydroxylation is 1.